The molecule has 0 unspecified atom stereocenters. The van der Waals surface area contributed by atoms with Crippen molar-refractivity contribution >= 4 is 23.4 Å². The SMILES string of the molecule is COC(=O)C(C)(C)n1cc(-c2nc(N)c(C#N)c(-c3ccc(C(F)(F)F)c(Cl)c3)c2C#N)cn1. The van der Waals surface area contributed by atoms with Gasteiger partial charge in [-0.2, -0.15) is 28.8 Å². The van der Waals surface area contributed by atoms with Gasteiger partial charge in [0.05, 0.1) is 35.2 Å². The second-order valence-corrected chi connectivity index (χ2v) is 8.02. The van der Waals surface area contributed by atoms with Crippen molar-refractivity contribution in [2.45, 2.75) is 25.6 Å². The third-order valence-electron chi connectivity index (χ3n) is 5.13. The molecule has 0 spiro atoms. The average molecular weight is 489 g/mol. The minimum atomic E-state index is -4.69. The van der Waals surface area contributed by atoms with E-state index in [0.29, 0.717) is 0 Å². The number of aromatic nitrogens is 3. The van der Waals surface area contributed by atoms with Gasteiger partial charge in [-0.25, -0.2) is 9.78 Å². The molecule has 2 aromatic heterocycles. The van der Waals surface area contributed by atoms with Crippen LogP contribution in [0.3, 0.4) is 0 Å². The molecule has 0 saturated heterocycles. The number of esters is 1. The minimum absolute atomic E-state index is 0.0249. The first-order valence-electron chi connectivity index (χ1n) is 9.51. The number of carbonyl (C=O) groups is 1. The van der Waals surface area contributed by atoms with Crippen LogP contribution < -0.4 is 5.73 Å². The second kappa shape index (κ2) is 8.69. The van der Waals surface area contributed by atoms with Gasteiger partial charge in [0.25, 0.3) is 0 Å². The first-order chi connectivity index (χ1) is 15.9. The molecular weight excluding hydrogens is 473 g/mol. The van der Waals surface area contributed by atoms with E-state index in [-0.39, 0.29) is 39.3 Å². The normalized spacial score (nSPS) is 11.6. The highest BCUT2D eigenvalue weighted by molar-refractivity contribution is 6.31. The largest absolute Gasteiger partial charge is 0.467 e. The van der Waals surface area contributed by atoms with Crippen LogP contribution in [0.25, 0.3) is 22.4 Å². The molecule has 0 saturated carbocycles. The Morgan fingerprint density at radius 1 is 1.18 bits per heavy atom. The Morgan fingerprint density at radius 3 is 2.35 bits per heavy atom. The zero-order valence-corrected chi connectivity index (χ0v) is 18.8. The van der Waals surface area contributed by atoms with E-state index in [2.05, 4.69) is 10.1 Å². The summed E-state index contributed by atoms with van der Waals surface area (Å²) in [5.41, 5.74) is 3.74. The van der Waals surface area contributed by atoms with E-state index in [9.17, 15) is 28.5 Å². The van der Waals surface area contributed by atoms with Crippen LogP contribution in [-0.4, -0.2) is 27.8 Å². The maximum absolute atomic E-state index is 13.1. The summed E-state index contributed by atoms with van der Waals surface area (Å²) in [7, 11) is 1.23. The van der Waals surface area contributed by atoms with Crippen LogP contribution in [0.2, 0.25) is 5.02 Å². The van der Waals surface area contributed by atoms with Crippen LogP contribution in [-0.2, 0) is 21.2 Å². The van der Waals surface area contributed by atoms with Gasteiger partial charge >= 0.3 is 12.1 Å². The first-order valence-corrected chi connectivity index (χ1v) is 9.89. The van der Waals surface area contributed by atoms with E-state index in [1.165, 1.54) is 24.2 Å². The maximum Gasteiger partial charge on any atom is 0.417 e. The van der Waals surface area contributed by atoms with Crippen molar-refractivity contribution in [1.82, 2.24) is 14.8 Å². The van der Waals surface area contributed by atoms with Crippen molar-refractivity contribution < 1.29 is 22.7 Å². The number of carbonyl (C=O) groups excluding carboxylic acids is 1. The number of pyridine rings is 1. The lowest BCUT2D eigenvalue weighted by Gasteiger charge is -2.21. The predicted molar refractivity (Wildman–Crippen MR) is 116 cm³/mol. The van der Waals surface area contributed by atoms with Gasteiger partial charge < -0.3 is 10.5 Å². The standard InChI is InChI=1S/C22H16ClF3N6O2/c1-21(2,20(33)34-3)32-10-12(9-30-32)18-13(7-27)17(14(8-28)19(29)31-18)11-4-5-15(16(23)6-11)22(24,25)26/h4-6,9-10H,1-3H3,(H2,29,31). The summed E-state index contributed by atoms with van der Waals surface area (Å²) in [6.07, 6.45) is -1.91. The summed E-state index contributed by atoms with van der Waals surface area (Å²) in [5.74, 6) is -0.822. The number of nitrogens with two attached hydrogens (primary N) is 1. The quantitative estimate of drug-likeness (QED) is 0.534. The molecule has 0 fully saturated rings. The molecule has 174 valence electrons. The Balaban J connectivity index is 2.27. The molecule has 0 atom stereocenters. The molecule has 0 amide bonds. The number of nitrogens with zero attached hydrogens (tertiary/aromatic N) is 5. The van der Waals surface area contributed by atoms with Gasteiger partial charge in [0.1, 0.15) is 23.5 Å². The highest BCUT2D eigenvalue weighted by Crippen LogP contribution is 2.40. The monoisotopic (exact) mass is 488 g/mol. The molecule has 2 N–H and O–H groups in total. The number of anilines is 1. The van der Waals surface area contributed by atoms with Crippen LogP contribution in [0.4, 0.5) is 19.0 Å². The van der Waals surface area contributed by atoms with Crippen LogP contribution in [0.5, 0.6) is 0 Å². The second-order valence-electron chi connectivity index (χ2n) is 7.61. The number of alkyl halides is 3. The molecule has 0 aliphatic heterocycles. The Morgan fingerprint density at radius 2 is 1.82 bits per heavy atom. The van der Waals surface area contributed by atoms with Gasteiger partial charge in [0.2, 0.25) is 0 Å². The number of nitriles is 2. The molecule has 3 rings (SSSR count). The first kappa shape index (κ1) is 24.6. The Bertz CT molecular complexity index is 1380. The van der Waals surface area contributed by atoms with Crippen molar-refractivity contribution in [3.63, 3.8) is 0 Å². The molecule has 1 aromatic carbocycles. The van der Waals surface area contributed by atoms with E-state index in [1.807, 2.05) is 12.1 Å². The summed E-state index contributed by atoms with van der Waals surface area (Å²) in [5, 5.41) is 23.1. The minimum Gasteiger partial charge on any atom is -0.467 e. The van der Waals surface area contributed by atoms with Gasteiger partial charge in [-0.15, -0.1) is 0 Å². The summed E-state index contributed by atoms with van der Waals surface area (Å²) in [6, 6.07) is 6.65. The Hall–Kier alpha value is -4.09. The summed E-state index contributed by atoms with van der Waals surface area (Å²) < 4.78 is 45.5. The van der Waals surface area contributed by atoms with Crippen LogP contribution in [0.1, 0.15) is 30.5 Å². The summed E-state index contributed by atoms with van der Waals surface area (Å²) >= 11 is 5.86. The molecule has 8 nitrogen and oxygen atoms in total. The zero-order valence-electron chi connectivity index (χ0n) is 18.0. The molecule has 34 heavy (non-hydrogen) atoms. The van der Waals surface area contributed by atoms with E-state index in [0.717, 1.165) is 18.2 Å². The lowest BCUT2D eigenvalue weighted by atomic mass is 9.92. The van der Waals surface area contributed by atoms with E-state index < -0.39 is 28.3 Å². The number of ether oxygens (including phenoxy) is 1. The topological polar surface area (TPSA) is 131 Å². The van der Waals surface area contributed by atoms with E-state index in [1.54, 1.807) is 13.8 Å². The zero-order chi connectivity index (χ0) is 25.4. The van der Waals surface area contributed by atoms with Crippen LogP contribution in [0, 0.1) is 22.7 Å². The predicted octanol–water partition coefficient (Wildman–Crippen LogP) is 4.52. The van der Waals surface area contributed by atoms with Gasteiger partial charge in [-0.05, 0) is 31.5 Å². The number of benzene rings is 1. The molecule has 0 bridgehead atoms. The van der Waals surface area contributed by atoms with Crippen molar-refractivity contribution in [2.75, 3.05) is 12.8 Å². The van der Waals surface area contributed by atoms with Crippen LogP contribution in [0.15, 0.2) is 30.6 Å². The third kappa shape index (κ3) is 4.14. The lowest BCUT2D eigenvalue weighted by Crippen LogP contribution is -2.37. The lowest BCUT2D eigenvalue weighted by molar-refractivity contribution is -0.150. The molecule has 0 radical (unpaired) electrons. The number of nitrogen functional groups attached to an aromatic ring is 1. The van der Waals surface area contributed by atoms with Crippen molar-refractivity contribution in [1.29, 1.82) is 10.5 Å². The number of halogens is 4. The number of rotatable bonds is 4. The summed E-state index contributed by atoms with van der Waals surface area (Å²) in [4.78, 5) is 16.3. The van der Waals surface area contributed by atoms with Gasteiger partial charge in [-0.1, -0.05) is 17.7 Å². The molecule has 3 aromatic rings. The molecule has 0 aliphatic rings. The van der Waals surface area contributed by atoms with Gasteiger partial charge in [0.15, 0.2) is 5.54 Å². The molecule has 0 aliphatic carbocycles. The van der Waals surface area contributed by atoms with E-state index in [4.69, 9.17) is 22.1 Å². The van der Waals surface area contributed by atoms with Gasteiger partial charge in [-0.3, -0.25) is 4.68 Å². The van der Waals surface area contributed by atoms with Crippen molar-refractivity contribution in [3.8, 4) is 34.5 Å². The maximum atomic E-state index is 13.1. The highest BCUT2D eigenvalue weighted by atomic mass is 35.5. The number of methoxy groups -OCH3 is 1. The summed E-state index contributed by atoms with van der Waals surface area (Å²) in [6.45, 7) is 3.13. The van der Waals surface area contributed by atoms with Crippen molar-refractivity contribution in [2.24, 2.45) is 0 Å². The highest BCUT2D eigenvalue weighted by Gasteiger charge is 2.34. The van der Waals surface area contributed by atoms with Crippen molar-refractivity contribution in [3.05, 3.63) is 52.3 Å². The van der Waals surface area contributed by atoms with Crippen LogP contribution >= 0.6 is 11.6 Å². The smallest absolute Gasteiger partial charge is 0.417 e. The molecule has 12 heteroatoms. The fraction of sp³-hybridized carbons (Fsp3) is 0.227. The Kier molecular flexibility index (Phi) is 6.27. The van der Waals surface area contributed by atoms with Gasteiger partial charge in [0, 0.05) is 17.3 Å². The van der Waals surface area contributed by atoms with E-state index >= 15 is 0 Å². The number of hydrogen-bond donors (Lipinski definition) is 1. The molecular formula is C22H16ClF3N6O2. The average Bonchev–Trinajstić information content (AvgIpc) is 3.27. The molecule has 2 heterocycles. The number of hydrogen-bond acceptors (Lipinski definition) is 7. The fourth-order valence-electron chi connectivity index (χ4n) is 3.32. The Labute approximate surface area is 196 Å². The third-order valence-corrected chi connectivity index (χ3v) is 5.44. The fourth-order valence-corrected chi connectivity index (χ4v) is 3.61.